The number of carboxylic acids is 1. The maximum absolute atomic E-state index is 12.8. The normalized spacial score (nSPS) is 12.1. The van der Waals surface area contributed by atoms with E-state index < -0.39 is 23.5 Å². The lowest BCUT2D eigenvalue weighted by molar-refractivity contribution is -0.142. The number of rotatable bonds is 6. The van der Waals surface area contributed by atoms with E-state index in [0.717, 1.165) is 22.3 Å². The summed E-state index contributed by atoms with van der Waals surface area (Å²) < 4.78 is 11.5. The van der Waals surface area contributed by atoms with Crippen molar-refractivity contribution in [3.05, 3.63) is 106 Å². The molecule has 1 unspecified atom stereocenters. The van der Waals surface area contributed by atoms with E-state index in [9.17, 15) is 19.5 Å². The zero-order valence-electron chi connectivity index (χ0n) is 19.7. The maximum atomic E-state index is 12.8. The number of furan rings is 1. The molecular weight excluding hydrogens is 458 g/mol. The first-order valence-electron chi connectivity index (χ1n) is 11.5. The van der Waals surface area contributed by atoms with Gasteiger partial charge in [0.05, 0.1) is 12.0 Å². The van der Waals surface area contributed by atoms with E-state index in [0.29, 0.717) is 27.7 Å². The molecule has 0 spiro atoms. The largest absolute Gasteiger partial charge is 0.479 e. The van der Waals surface area contributed by atoms with Crippen molar-refractivity contribution in [2.24, 2.45) is 0 Å². The van der Waals surface area contributed by atoms with Crippen LogP contribution >= 0.6 is 0 Å². The van der Waals surface area contributed by atoms with Gasteiger partial charge in [-0.05, 0) is 36.6 Å². The molecule has 2 N–H and O–H groups in total. The molecule has 2 heterocycles. The molecule has 3 aromatic carbocycles. The van der Waals surface area contributed by atoms with Crippen LogP contribution in [0.4, 0.5) is 0 Å². The van der Waals surface area contributed by atoms with Crippen LogP contribution in [0.25, 0.3) is 33.1 Å². The molecule has 0 radical (unpaired) electrons. The van der Waals surface area contributed by atoms with E-state index in [1.165, 1.54) is 0 Å². The summed E-state index contributed by atoms with van der Waals surface area (Å²) in [7, 11) is 0. The monoisotopic (exact) mass is 481 g/mol. The van der Waals surface area contributed by atoms with Crippen molar-refractivity contribution >= 4 is 33.8 Å². The summed E-state index contributed by atoms with van der Waals surface area (Å²) in [6.45, 7) is 3.64. The molecule has 7 heteroatoms. The van der Waals surface area contributed by atoms with Gasteiger partial charge in [-0.3, -0.25) is 4.79 Å². The summed E-state index contributed by atoms with van der Waals surface area (Å²) in [5.41, 5.74) is 3.47. The van der Waals surface area contributed by atoms with E-state index in [-0.39, 0.29) is 12.0 Å². The number of fused-ring (bicyclic) bond motifs is 2. The van der Waals surface area contributed by atoms with Crippen molar-refractivity contribution in [3.63, 3.8) is 0 Å². The topological polar surface area (TPSA) is 110 Å². The van der Waals surface area contributed by atoms with Gasteiger partial charge in [-0.15, -0.1) is 0 Å². The molecule has 2 aromatic heterocycles. The van der Waals surface area contributed by atoms with Gasteiger partial charge in [-0.25, -0.2) is 9.59 Å². The standard InChI is InChI=1S/C29H23NO6/c1-16-20-13-22-24(35-17(2)26(22)18-9-5-3-6-10-18)15-23(20)36-29(34)21(16)14-25(31)30-27(28(32)33)19-11-7-4-8-12-19/h3-13,15,27H,14H2,1-2H3,(H,30,31)(H,32,33). The molecule has 0 aliphatic heterocycles. The second kappa shape index (κ2) is 9.19. The first-order chi connectivity index (χ1) is 17.3. The number of carbonyl (C=O) groups excluding carboxylic acids is 1. The first kappa shape index (κ1) is 23.1. The third kappa shape index (κ3) is 4.15. The predicted octanol–water partition coefficient (Wildman–Crippen LogP) is 5.31. The molecule has 180 valence electrons. The Labute approximate surface area is 206 Å². The lowest BCUT2D eigenvalue weighted by atomic mass is 9.98. The summed E-state index contributed by atoms with van der Waals surface area (Å²) in [5.74, 6) is -1.04. The van der Waals surface area contributed by atoms with Gasteiger partial charge in [0.2, 0.25) is 5.91 Å². The Morgan fingerprint density at radius 3 is 2.19 bits per heavy atom. The number of hydrogen-bond donors (Lipinski definition) is 2. The van der Waals surface area contributed by atoms with Gasteiger partial charge >= 0.3 is 11.6 Å². The second-order valence-electron chi connectivity index (χ2n) is 8.66. The minimum absolute atomic E-state index is 0.179. The maximum Gasteiger partial charge on any atom is 0.340 e. The van der Waals surface area contributed by atoms with Gasteiger partial charge in [0.25, 0.3) is 0 Å². The molecule has 36 heavy (non-hydrogen) atoms. The molecule has 7 nitrogen and oxygen atoms in total. The highest BCUT2D eigenvalue weighted by atomic mass is 16.4. The highest BCUT2D eigenvalue weighted by Crippen LogP contribution is 2.37. The molecule has 1 atom stereocenters. The first-order valence-corrected chi connectivity index (χ1v) is 11.5. The van der Waals surface area contributed by atoms with E-state index in [2.05, 4.69) is 5.32 Å². The number of carboxylic acid groups (broad SMARTS) is 1. The predicted molar refractivity (Wildman–Crippen MR) is 136 cm³/mol. The van der Waals surface area contributed by atoms with Gasteiger partial charge in [0, 0.05) is 22.4 Å². The molecule has 1 amide bonds. The van der Waals surface area contributed by atoms with Crippen molar-refractivity contribution in [1.82, 2.24) is 5.32 Å². The fourth-order valence-electron chi connectivity index (χ4n) is 4.58. The van der Waals surface area contributed by atoms with Crippen LogP contribution in [0.2, 0.25) is 0 Å². The minimum atomic E-state index is -1.23. The lowest BCUT2D eigenvalue weighted by Gasteiger charge is -2.15. The number of amides is 1. The van der Waals surface area contributed by atoms with Crippen LogP contribution in [-0.2, 0) is 16.0 Å². The highest BCUT2D eigenvalue weighted by Gasteiger charge is 2.24. The van der Waals surface area contributed by atoms with E-state index in [1.807, 2.05) is 43.3 Å². The Morgan fingerprint density at radius 1 is 0.889 bits per heavy atom. The molecule has 0 fully saturated rings. The average molecular weight is 482 g/mol. The fraction of sp³-hybridized carbons (Fsp3) is 0.138. The van der Waals surface area contributed by atoms with Crippen LogP contribution in [0, 0.1) is 13.8 Å². The molecule has 0 aliphatic rings. The van der Waals surface area contributed by atoms with Crippen LogP contribution in [0.3, 0.4) is 0 Å². The van der Waals surface area contributed by atoms with Crippen LogP contribution in [0.5, 0.6) is 0 Å². The molecule has 0 saturated carbocycles. The Bertz CT molecular complexity index is 1670. The summed E-state index contributed by atoms with van der Waals surface area (Å²) in [5, 5.41) is 13.7. The number of benzene rings is 3. The van der Waals surface area contributed by atoms with Gasteiger partial charge in [-0.1, -0.05) is 60.7 Å². The molecule has 0 saturated heterocycles. The Hall–Kier alpha value is -4.65. The third-order valence-electron chi connectivity index (χ3n) is 6.36. The number of hydrogen-bond acceptors (Lipinski definition) is 5. The van der Waals surface area contributed by atoms with Crippen molar-refractivity contribution in [3.8, 4) is 11.1 Å². The Morgan fingerprint density at radius 2 is 1.53 bits per heavy atom. The van der Waals surface area contributed by atoms with Gasteiger partial charge in [-0.2, -0.15) is 0 Å². The molecular formula is C29H23NO6. The van der Waals surface area contributed by atoms with Crippen LogP contribution < -0.4 is 10.9 Å². The van der Waals surface area contributed by atoms with E-state index >= 15 is 0 Å². The van der Waals surface area contributed by atoms with Gasteiger partial charge in [0.1, 0.15) is 16.9 Å². The molecule has 5 rings (SSSR count). The number of nitrogens with one attached hydrogen (secondary N) is 1. The number of aryl methyl sites for hydroxylation is 2. The summed E-state index contributed by atoms with van der Waals surface area (Å²) in [6, 6.07) is 20.6. The second-order valence-corrected chi connectivity index (χ2v) is 8.66. The fourth-order valence-corrected chi connectivity index (χ4v) is 4.58. The smallest absolute Gasteiger partial charge is 0.340 e. The van der Waals surface area contributed by atoms with Crippen LogP contribution in [0.15, 0.2) is 86.4 Å². The van der Waals surface area contributed by atoms with Crippen molar-refractivity contribution in [2.45, 2.75) is 26.3 Å². The zero-order valence-corrected chi connectivity index (χ0v) is 19.7. The average Bonchev–Trinajstić information content (AvgIpc) is 3.19. The highest BCUT2D eigenvalue weighted by molar-refractivity contribution is 6.03. The molecule has 5 aromatic rings. The van der Waals surface area contributed by atoms with Crippen LogP contribution in [-0.4, -0.2) is 17.0 Å². The Balaban J connectivity index is 1.54. The van der Waals surface area contributed by atoms with Crippen LogP contribution in [0.1, 0.15) is 28.5 Å². The summed E-state index contributed by atoms with van der Waals surface area (Å²) in [6.07, 6.45) is -0.311. The summed E-state index contributed by atoms with van der Waals surface area (Å²) >= 11 is 0. The van der Waals surface area contributed by atoms with E-state index in [4.69, 9.17) is 8.83 Å². The molecule has 0 bridgehead atoms. The quantitative estimate of drug-likeness (QED) is 0.318. The third-order valence-corrected chi connectivity index (χ3v) is 6.36. The minimum Gasteiger partial charge on any atom is -0.479 e. The van der Waals surface area contributed by atoms with Crippen molar-refractivity contribution in [2.75, 3.05) is 0 Å². The summed E-state index contributed by atoms with van der Waals surface area (Å²) in [4.78, 5) is 37.4. The van der Waals surface area contributed by atoms with Gasteiger partial charge < -0.3 is 19.3 Å². The Kier molecular flexibility index (Phi) is 5.90. The molecule has 0 aliphatic carbocycles. The van der Waals surface area contributed by atoms with Gasteiger partial charge in [0.15, 0.2) is 6.04 Å². The number of carbonyl (C=O) groups is 2. The SMILES string of the molecule is Cc1oc2cc3oc(=O)c(CC(=O)NC(C(=O)O)c4ccccc4)c(C)c3cc2c1-c1ccccc1. The van der Waals surface area contributed by atoms with Crippen molar-refractivity contribution in [1.29, 1.82) is 0 Å². The van der Waals surface area contributed by atoms with Crippen molar-refractivity contribution < 1.29 is 23.5 Å². The lowest BCUT2D eigenvalue weighted by Crippen LogP contribution is -2.35. The van der Waals surface area contributed by atoms with E-state index in [1.54, 1.807) is 43.3 Å². The zero-order chi connectivity index (χ0) is 25.4. The number of aliphatic carboxylic acids is 1.